The average molecular weight is 376 g/mol. The van der Waals surface area contributed by atoms with Crippen LogP contribution < -0.4 is 4.90 Å². The van der Waals surface area contributed by atoms with E-state index >= 15 is 0 Å². The minimum atomic E-state index is -0.640. The molecule has 0 aliphatic carbocycles. The molecule has 1 aliphatic heterocycles. The van der Waals surface area contributed by atoms with Gasteiger partial charge in [0.2, 0.25) is 5.91 Å². The summed E-state index contributed by atoms with van der Waals surface area (Å²) in [5.74, 6) is -2.33. The Morgan fingerprint density at radius 1 is 1.12 bits per heavy atom. The second kappa shape index (κ2) is 7.66. The third-order valence-electron chi connectivity index (χ3n) is 4.11. The Morgan fingerprint density at radius 2 is 1.77 bits per heavy atom. The van der Waals surface area contributed by atoms with Crippen LogP contribution in [0.4, 0.5) is 10.1 Å². The second-order valence-corrected chi connectivity index (χ2v) is 6.36. The van der Waals surface area contributed by atoms with Crippen LogP contribution >= 0.6 is 11.6 Å². The van der Waals surface area contributed by atoms with Crippen molar-refractivity contribution in [1.29, 1.82) is 0 Å². The van der Waals surface area contributed by atoms with Crippen LogP contribution in [0.3, 0.4) is 0 Å². The van der Waals surface area contributed by atoms with Crippen molar-refractivity contribution in [3.63, 3.8) is 0 Å². The fourth-order valence-corrected chi connectivity index (χ4v) is 2.84. The molecule has 0 spiro atoms. The zero-order chi connectivity index (χ0) is 18.7. The highest BCUT2D eigenvalue weighted by Crippen LogP contribution is 2.27. The van der Waals surface area contributed by atoms with Gasteiger partial charge in [-0.1, -0.05) is 11.6 Å². The summed E-state index contributed by atoms with van der Waals surface area (Å²) < 4.78 is 17.9. The first-order valence-corrected chi connectivity index (χ1v) is 8.33. The van der Waals surface area contributed by atoms with Gasteiger partial charge in [0.1, 0.15) is 5.82 Å². The number of benzene rings is 2. The lowest BCUT2D eigenvalue weighted by atomic mass is 10.1. The summed E-state index contributed by atoms with van der Waals surface area (Å²) in [5.41, 5.74) is 0.904. The van der Waals surface area contributed by atoms with Gasteiger partial charge in [-0.2, -0.15) is 0 Å². The molecule has 2 aromatic rings. The SMILES string of the molecule is O=C(COC(=O)[C@@H]1CC(=O)N(c2ccc(Cl)cc2)C1)c1ccc(F)cc1. The van der Waals surface area contributed by atoms with E-state index in [-0.39, 0.29) is 24.4 Å². The molecule has 3 rings (SSSR count). The van der Waals surface area contributed by atoms with Crippen LogP contribution in [0, 0.1) is 11.7 Å². The molecule has 2 aromatic carbocycles. The van der Waals surface area contributed by atoms with Crippen molar-refractivity contribution in [2.45, 2.75) is 6.42 Å². The number of esters is 1. The van der Waals surface area contributed by atoms with Gasteiger partial charge in [0, 0.05) is 29.2 Å². The highest BCUT2D eigenvalue weighted by atomic mass is 35.5. The number of amides is 1. The predicted octanol–water partition coefficient (Wildman–Crippen LogP) is 3.26. The second-order valence-electron chi connectivity index (χ2n) is 5.92. The monoisotopic (exact) mass is 375 g/mol. The predicted molar refractivity (Wildman–Crippen MR) is 93.6 cm³/mol. The van der Waals surface area contributed by atoms with Gasteiger partial charge in [-0.3, -0.25) is 14.4 Å². The van der Waals surface area contributed by atoms with Crippen molar-refractivity contribution < 1.29 is 23.5 Å². The number of carbonyl (C=O) groups excluding carboxylic acids is 3. The van der Waals surface area contributed by atoms with Crippen LogP contribution in [0.25, 0.3) is 0 Å². The van der Waals surface area contributed by atoms with Crippen molar-refractivity contribution in [2.75, 3.05) is 18.1 Å². The van der Waals surface area contributed by atoms with Gasteiger partial charge < -0.3 is 9.64 Å². The number of nitrogens with zero attached hydrogens (tertiary/aromatic N) is 1. The standard InChI is InChI=1S/C19H15ClFNO4/c20-14-3-7-16(8-4-14)22-10-13(9-18(22)24)19(25)26-11-17(23)12-1-5-15(21)6-2-12/h1-8,13H,9-11H2/t13-/m1/s1. The largest absolute Gasteiger partial charge is 0.457 e. The Labute approximate surface area is 154 Å². The molecule has 5 nitrogen and oxygen atoms in total. The minimum absolute atomic E-state index is 0.0200. The lowest BCUT2D eigenvalue weighted by Crippen LogP contribution is -2.27. The van der Waals surface area contributed by atoms with Crippen LogP contribution in [0.15, 0.2) is 48.5 Å². The molecule has 1 saturated heterocycles. The van der Waals surface area contributed by atoms with E-state index < -0.39 is 30.1 Å². The van der Waals surface area contributed by atoms with Crippen LogP contribution in [0.1, 0.15) is 16.8 Å². The van der Waals surface area contributed by atoms with Gasteiger partial charge in [-0.25, -0.2) is 4.39 Å². The molecular weight excluding hydrogens is 361 g/mol. The molecule has 1 atom stereocenters. The van der Waals surface area contributed by atoms with Gasteiger partial charge in [0.25, 0.3) is 0 Å². The molecule has 26 heavy (non-hydrogen) atoms. The normalized spacial score (nSPS) is 16.6. The third kappa shape index (κ3) is 4.08. The summed E-state index contributed by atoms with van der Waals surface area (Å²) in [4.78, 5) is 37.8. The Morgan fingerprint density at radius 3 is 2.42 bits per heavy atom. The fraction of sp³-hybridized carbons (Fsp3) is 0.211. The Balaban J connectivity index is 1.57. The van der Waals surface area contributed by atoms with E-state index in [2.05, 4.69) is 0 Å². The summed E-state index contributed by atoms with van der Waals surface area (Å²) in [6.45, 7) is -0.264. The first-order valence-electron chi connectivity index (χ1n) is 7.95. The number of hydrogen-bond donors (Lipinski definition) is 0. The molecule has 134 valence electrons. The van der Waals surface area contributed by atoms with Gasteiger partial charge in [-0.05, 0) is 48.5 Å². The lowest BCUT2D eigenvalue weighted by Gasteiger charge is -2.16. The molecule has 7 heteroatoms. The maximum absolute atomic E-state index is 12.9. The van der Waals surface area contributed by atoms with Gasteiger partial charge in [-0.15, -0.1) is 0 Å². The highest BCUT2D eigenvalue weighted by molar-refractivity contribution is 6.30. The minimum Gasteiger partial charge on any atom is -0.457 e. The lowest BCUT2D eigenvalue weighted by molar-refractivity contribution is -0.147. The summed E-state index contributed by atoms with van der Waals surface area (Å²) in [5, 5.41) is 0.552. The van der Waals surface area contributed by atoms with Crippen LogP contribution in [-0.4, -0.2) is 30.8 Å². The van der Waals surface area contributed by atoms with E-state index in [1.807, 2.05) is 0 Å². The van der Waals surface area contributed by atoms with Crippen LogP contribution in [0.2, 0.25) is 5.02 Å². The maximum Gasteiger partial charge on any atom is 0.311 e. The number of hydrogen-bond acceptors (Lipinski definition) is 4. The number of Topliss-reactive ketones (excluding diaryl/α,β-unsaturated/α-hetero) is 1. The highest BCUT2D eigenvalue weighted by Gasteiger charge is 2.36. The fourth-order valence-electron chi connectivity index (χ4n) is 2.71. The third-order valence-corrected chi connectivity index (χ3v) is 4.36. The topological polar surface area (TPSA) is 63.7 Å². The molecule has 0 aromatic heterocycles. The Hall–Kier alpha value is -2.73. The molecule has 0 saturated carbocycles. The summed E-state index contributed by atoms with van der Waals surface area (Å²) in [6.07, 6.45) is 0.0200. The number of ether oxygens (including phenoxy) is 1. The number of anilines is 1. The molecule has 1 fully saturated rings. The molecule has 0 unspecified atom stereocenters. The quantitative estimate of drug-likeness (QED) is 0.594. The smallest absolute Gasteiger partial charge is 0.311 e. The van der Waals surface area contributed by atoms with E-state index in [0.717, 1.165) is 12.1 Å². The Kier molecular flexibility index (Phi) is 5.32. The first kappa shape index (κ1) is 18.1. The maximum atomic E-state index is 12.9. The molecule has 1 heterocycles. The summed E-state index contributed by atoms with van der Waals surface area (Å²) in [7, 11) is 0. The zero-order valence-corrected chi connectivity index (χ0v) is 14.4. The van der Waals surface area contributed by atoms with E-state index in [1.54, 1.807) is 24.3 Å². The van der Waals surface area contributed by atoms with Crippen molar-refractivity contribution in [2.24, 2.45) is 5.92 Å². The van der Waals surface area contributed by atoms with E-state index in [9.17, 15) is 18.8 Å². The molecule has 1 aliphatic rings. The number of rotatable bonds is 5. The number of ketones is 1. The zero-order valence-electron chi connectivity index (χ0n) is 13.7. The average Bonchev–Trinajstić information content (AvgIpc) is 3.02. The molecule has 0 N–H and O–H groups in total. The molecular formula is C19H15ClFNO4. The molecule has 0 bridgehead atoms. The van der Waals surface area contributed by atoms with E-state index in [0.29, 0.717) is 10.7 Å². The summed E-state index contributed by atoms with van der Waals surface area (Å²) in [6, 6.07) is 11.7. The van der Waals surface area contributed by atoms with Gasteiger partial charge in [0.15, 0.2) is 12.4 Å². The van der Waals surface area contributed by atoms with Gasteiger partial charge in [0.05, 0.1) is 5.92 Å². The first-order chi connectivity index (χ1) is 12.4. The number of halogens is 2. The van der Waals surface area contributed by atoms with Crippen molar-refractivity contribution in [3.8, 4) is 0 Å². The van der Waals surface area contributed by atoms with Crippen molar-refractivity contribution in [3.05, 3.63) is 64.9 Å². The van der Waals surface area contributed by atoms with Gasteiger partial charge >= 0.3 is 5.97 Å². The van der Waals surface area contributed by atoms with Crippen LogP contribution in [0.5, 0.6) is 0 Å². The number of carbonyl (C=O) groups is 3. The van der Waals surface area contributed by atoms with Crippen LogP contribution in [-0.2, 0) is 14.3 Å². The van der Waals surface area contributed by atoms with Crippen molar-refractivity contribution in [1.82, 2.24) is 0 Å². The molecule has 1 amide bonds. The Bertz CT molecular complexity index is 836. The van der Waals surface area contributed by atoms with E-state index in [4.69, 9.17) is 16.3 Å². The summed E-state index contributed by atoms with van der Waals surface area (Å²) >= 11 is 5.83. The van der Waals surface area contributed by atoms with E-state index in [1.165, 1.54) is 17.0 Å². The van der Waals surface area contributed by atoms with Crippen molar-refractivity contribution >= 4 is 34.9 Å². The molecule has 0 radical (unpaired) electrons.